The van der Waals surface area contributed by atoms with Gasteiger partial charge in [-0.1, -0.05) is 35.9 Å². The molecule has 0 unspecified atom stereocenters. The Morgan fingerprint density at radius 3 is 2.67 bits per heavy atom. The Labute approximate surface area is 210 Å². The fraction of sp³-hybridized carbons (Fsp3) is 0.154. The van der Waals surface area contributed by atoms with Gasteiger partial charge < -0.3 is 14.1 Å². The summed E-state index contributed by atoms with van der Waals surface area (Å²) in [5, 5.41) is 2.44. The van der Waals surface area contributed by atoms with E-state index in [1.54, 1.807) is 48.5 Å². The van der Waals surface area contributed by atoms with Gasteiger partial charge in [-0.2, -0.15) is 0 Å². The lowest BCUT2D eigenvalue weighted by Crippen LogP contribution is -2.42. The van der Waals surface area contributed by atoms with Crippen molar-refractivity contribution in [3.63, 3.8) is 0 Å². The number of hydrazine groups is 1. The van der Waals surface area contributed by atoms with Gasteiger partial charge in [0.05, 0.1) is 29.3 Å². The van der Waals surface area contributed by atoms with Crippen LogP contribution in [0.2, 0.25) is 5.02 Å². The lowest BCUT2D eigenvalue weighted by Gasteiger charge is -2.23. The number of esters is 1. The first-order valence-electron chi connectivity index (χ1n) is 11.2. The van der Waals surface area contributed by atoms with Gasteiger partial charge in [0.2, 0.25) is 0 Å². The molecule has 9 nitrogen and oxygen atoms in total. The van der Waals surface area contributed by atoms with E-state index in [1.165, 1.54) is 11.3 Å². The number of hydrogen-bond acceptors (Lipinski definition) is 7. The predicted molar refractivity (Wildman–Crippen MR) is 133 cm³/mol. The van der Waals surface area contributed by atoms with Gasteiger partial charge in [0.15, 0.2) is 6.61 Å². The van der Waals surface area contributed by atoms with E-state index in [0.717, 1.165) is 5.56 Å². The minimum atomic E-state index is -0.584. The van der Waals surface area contributed by atoms with Crippen molar-refractivity contribution in [2.75, 3.05) is 6.61 Å². The Morgan fingerprint density at radius 1 is 1.08 bits per heavy atom. The number of halogens is 1. The third kappa shape index (κ3) is 5.01. The van der Waals surface area contributed by atoms with E-state index in [9.17, 15) is 14.4 Å². The van der Waals surface area contributed by atoms with Gasteiger partial charge in [-0.05, 0) is 48.0 Å². The molecular formula is C26H21ClN4O5. The maximum absolute atomic E-state index is 13.0. The van der Waals surface area contributed by atoms with Crippen LogP contribution in [0, 0.1) is 0 Å². The molecule has 3 heterocycles. The van der Waals surface area contributed by atoms with Crippen LogP contribution in [0.15, 0.2) is 82.2 Å². The molecule has 10 heteroatoms. The number of hydrogen-bond donors (Lipinski definition) is 2. The number of para-hydroxylation sites is 1. The molecule has 182 valence electrons. The number of rotatable bonds is 7. The van der Waals surface area contributed by atoms with Crippen LogP contribution in [0.1, 0.15) is 29.6 Å². The highest BCUT2D eigenvalue weighted by Crippen LogP contribution is 2.32. The summed E-state index contributed by atoms with van der Waals surface area (Å²) in [5.41, 5.74) is 4.88. The van der Waals surface area contributed by atoms with Gasteiger partial charge >= 0.3 is 5.97 Å². The molecular weight excluding hydrogens is 484 g/mol. The summed E-state index contributed by atoms with van der Waals surface area (Å²) in [6, 6.07) is 17.1. The summed E-state index contributed by atoms with van der Waals surface area (Å²) < 4.78 is 10.7. The number of H-pyrrole nitrogens is 1. The number of aryl methyl sites for hydroxylation is 1. The fourth-order valence-corrected chi connectivity index (χ4v) is 4.03. The molecule has 1 atom stereocenters. The normalized spacial score (nSPS) is 15.0. The van der Waals surface area contributed by atoms with Crippen molar-refractivity contribution in [3.05, 3.63) is 106 Å². The molecule has 0 radical (unpaired) electrons. The lowest BCUT2D eigenvalue weighted by atomic mass is 10.1. The molecule has 2 N–H and O–H groups in total. The molecule has 0 saturated carbocycles. The molecule has 0 spiro atoms. The van der Waals surface area contributed by atoms with Crippen LogP contribution >= 0.6 is 11.6 Å². The number of aromatic nitrogens is 2. The molecule has 1 aliphatic rings. The van der Waals surface area contributed by atoms with Crippen molar-refractivity contribution in [2.45, 2.75) is 18.9 Å². The average Bonchev–Trinajstić information content (AvgIpc) is 3.57. The third-order valence-corrected chi connectivity index (χ3v) is 5.94. The second-order valence-corrected chi connectivity index (χ2v) is 8.55. The van der Waals surface area contributed by atoms with E-state index in [-0.39, 0.29) is 18.4 Å². The Balaban J connectivity index is 1.21. The standard InChI is InChI=1S/C26H21ClN4O5/c27-17-9-7-16(8-10-17)20-14-21(22-6-3-13-35-22)31(30-20)24(32)15-36-25(33)12-11-23-28-19-5-2-1-4-18(19)26(34)29-23/h1-10,13-14,21,30H,11-12,15H2,(H,28,29,34)/t21-/m1/s1. The van der Waals surface area contributed by atoms with Crippen LogP contribution in [0.3, 0.4) is 0 Å². The highest BCUT2D eigenvalue weighted by molar-refractivity contribution is 6.30. The molecule has 4 aromatic rings. The molecule has 2 aromatic carbocycles. The molecule has 1 aliphatic heterocycles. The first-order chi connectivity index (χ1) is 17.5. The zero-order valence-electron chi connectivity index (χ0n) is 18.9. The third-order valence-electron chi connectivity index (χ3n) is 5.69. The van der Waals surface area contributed by atoms with Crippen molar-refractivity contribution < 1.29 is 18.7 Å². The van der Waals surface area contributed by atoms with Gasteiger partial charge in [0.25, 0.3) is 11.5 Å². The molecule has 2 aromatic heterocycles. The number of nitrogens with one attached hydrogen (secondary N) is 2. The Morgan fingerprint density at radius 2 is 1.89 bits per heavy atom. The molecule has 0 saturated heterocycles. The predicted octanol–water partition coefficient (Wildman–Crippen LogP) is 3.77. The Kier molecular flexibility index (Phi) is 6.55. The van der Waals surface area contributed by atoms with E-state index in [0.29, 0.717) is 33.2 Å². The molecule has 5 rings (SSSR count). The van der Waals surface area contributed by atoms with E-state index < -0.39 is 24.5 Å². The van der Waals surface area contributed by atoms with Gasteiger partial charge in [-0.15, -0.1) is 0 Å². The quantitative estimate of drug-likeness (QED) is 0.368. The summed E-state index contributed by atoms with van der Waals surface area (Å²) in [4.78, 5) is 44.6. The highest BCUT2D eigenvalue weighted by Gasteiger charge is 2.33. The van der Waals surface area contributed by atoms with E-state index in [2.05, 4.69) is 15.4 Å². The van der Waals surface area contributed by atoms with Crippen LogP contribution in [-0.2, 0) is 20.7 Å². The zero-order chi connectivity index (χ0) is 25.1. The summed E-state index contributed by atoms with van der Waals surface area (Å²) in [6.45, 7) is -0.466. The smallest absolute Gasteiger partial charge is 0.306 e. The molecule has 1 amide bonds. The van der Waals surface area contributed by atoms with Crippen molar-refractivity contribution in [3.8, 4) is 0 Å². The first-order valence-corrected chi connectivity index (χ1v) is 11.6. The Hall–Kier alpha value is -4.37. The molecule has 0 aliphatic carbocycles. The number of aromatic amines is 1. The molecule has 0 bridgehead atoms. The second kappa shape index (κ2) is 10.1. The average molecular weight is 505 g/mol. The Bertz CT molecular complexity index is 1500. The van der Waals surface area contributed by atoms with Crippen LogP contribution < -0.4 is 11.0 Å². The first kappa shape index (κ1) is 23.4. The summed E-state index contributed by atoms with van der Waals surface area (Å²) >= 11 is 5.99. The highest BCUT2D eigenvalue weighted by atomic mass is 35.5. The monoisotopic (exact) mass is 504 g/mol. The van der Waals surface area contributed by atoms with Gasteiger partial charge in [-0.25, -0.2) is 9.99 Å². The summed E-state index contributed by atoms with van der Waals surface area (Å²) in [6.07, 6.45) is 3.51. The van der Waals surface area contributed by atoms with Crippen molar-refractivity contribution in [1.29, 1.82) is 0 Å². The van der Waals surface area contributed by atoms with E-state index >= 15 is 0 Å². The number of amides is 1. The van der Waals surface area contributed by atoms with E-state index in [4.69, 9.17) is 20.8 Å². The number of carbonyl (C=O) groups is 2. The largest absolute Gasteiger partial charge is 0.467 e. The topological polar surface area (TPSA) is 118 Å². The minimum Gasteiger partial charge on any atom is -0.467 e. The van der Waals surface area contributed by atoms with Crippen molar-refractivity contribution in [2.24, 2.45) is 0 Å². The number of benzene rings is 2. The number of ether oxygens (including phenoxy) is 1. The number of fused-ring (bicyclic) bond motifs is 1. The van der Waals surface area contributed by atoms with Crippen molar-refractivity contribution >= 4 is 40.1 Å². The zero-order valence-corrected chi connectivity index (χ0v) is 19.7. The second-order valence-electron chi connectivity index (χ2n) is 8.11. The van der Waals surface area contributed by atoms with Gasteiger partial charge in [0.1, 0.15) is 17.6 Å². The maximum Gasteiger partial charge on any atom is 0.306 e. The number of carbonyl (C=O) groups excluding carboxylic acids is 2. The maximum atomic E-state index is 13.0. The van der Waals surface area contributed by atoms with Gasteiger partial charge in [-0.3, -0.25) is 19.8 Å². The number of furan rings is 1. The minimum absolute atomic E-state index is 0.0438. The van der Waals surface area contributed by atoms with Gasteiger partial charge in [0, 0.05) is 11.4 Å². The van der Waals surface area contributed by atoms with Crippen LogP contribution in [0.4, 0.5) is 0 Å². The van der Waals surface area contributed by atoms with Crippen molar-refractivity contribution in [1.82, 2.24) is 20.4 Å². The fourth-order valence-electron chi connectivity index (χ4n) is 3.90. The number of nitrogens with zero attached hydrogens (tertiary/aromatic N) is 2. The molecule has 0 fully saturated rings. The van der Waals surface area contributed by atoms with E-state index in [1.807, 2.05) is 18.2 Å². The van der Waals surface area contributed by atoms with Crippen LogP contribution in [0.25, 0.3) is 16.6 Å². The molecule has 36 heavy (non-hydrogen) atoms. The summed E-state index contributed by atoms with van der Waals surface area (Å²) in [5.74, 6) is -0.115. The van der Waals surface area contributed by atoms with Crippen LogP contribution in [0.5, 0.6) is 0 Å². The summed E-state index contributed by atoms with van der Waals surface area (Å²) in [7, 11) is 0. The van der Waals surface area contributed by atoms with Crippen LogP contribution in [-0.4, -0.2) is 33.5 Å². The SMILES string of the molecule is O=C(CCc1nc2ccccc2c(=O)[nH]1)OCC(=O)N1NC(c2ccc(Cl)cc2)=C[C@@H]1c1ccco1. The lowest BCUT2D eigenvalue weighted by molar-refractivity contribution is -0.153.